The quantitative estimate of drug-likeness (QED) is 0.350. The molecule has 0 saturated heterocycles. The van der Waals surface area contributed by atoms with E-state index in [2.05, 4.69) is 10.5 Å². The Morgan fingerprint density at radius 1 is 1.25 bits per heavy atom. The van der Waals surface area contributed by atoms with Crippen LogP contribution in [0.5, 0.6) is 17.2 Å². The second-order valence-corrected chi connectivity index (χ2v) is 7.26. The first-order valence-corrected chi connectivity index (χ1v) is 9.10. The van der Waals surface area contributed by atoms with Gasteiger partial charge in [-0.2, -0.15) is 5.10 Å². The van der Waals surface area contributed by atoms with E-state index in [1.165, 1.54) is 6.21 Å². The summed E-state index contributed by atoms with van der Waals surface area (Å²) in [7, 11) is 0. The summed E-state index contributed by atoms with van der Waals surface area (Å²) in [6, 6.07) is 10.7. The third kappa shape index (κ3) is 3.91. The van der Waals surface area contributed by atoms with E-state index in [0.717, 1.165) is 5.56 Å². The SMILES string of the molecule is O=C(NN=Cc1cc(I)c(O)c(I)c1)C1COc2ccccc2O1. The largest absolute Gasteiger partial charge is 0.506 e. The number of hydrogen-bond donors (Lipinski definition) is 2. The van der Waals surface area contributed by atoms with Gasteiger partial charge in [0.2, 0.25) is 6.10 Å². The number of hydrazone groups is 1. The van der Waals surface area contributed by atoms with Crippen molar-refractivity contribution >= 4 is 57.3 Å². The highest BCUT2D eigenvalue weighted by atomic mass is 127. The Labute approximate surface area is 165 Å². The Morgan fingerprint density at radius 2 is 1.92 bits per heavy atom. The van der Waals surface area contributed by atoms with Gasteiger partial charge in [0, 0.05) is 0 Å². The Morgan fingerprint density at radius 3 is 2.62 bits per heavy atom. The molecule has 124 valence electrons. The third-order valence-electron chi connectivity index (χ3n) is 3.23. The molecule has 1 unspecified atom stereocenters. The summed E-state index contributed by atoms with van der Waals surface area (Å²) < 4.78 is 12.5. The van der Waals surface area contributed by atoms with Crippen LogP contribution in [0.25, 0.3) is 0 Å². The monoisotopic (exact) mass is 550 g/mol. The molecular weight excluding hydrogens is 538 g/mol. The van der Waals surface area contributed by atoms with Crippen molar-refractivity contribution in [2.45, 2.75) is 6.10 Å². The van der Waals surface area contributed by atoms with E-state index >= 15 is 0 Å². The van der Waals surface area contributed by atoms with Crippen LogP contribution in [0.15, 0.2) is 41.5 Å². The van der Waals surface area contributed by atoms with E-state index in [9.17, 15) is 9.90 Å². The first-order chi connectivity index (χ1) is 11.5. The molecule has 2 aromatic carbocycles. The van der Waals surface area contributed by atoms with E-state index < -0.39 is 6.10 Å². The predicted octanol–water partition coefficient (Wildman–Crippen LogP) is 2.89. The van der Waals surface area contributed by atoms with Crippen molar-refractivity contribution in [3.8, 4) is 17.2 Å². The van der Waals surface area contributed by atoms with Gasteiger partial charge >= 0.3 is 0 Å². The van der Waals surface area contributed by atoms with Crippen LogP contribution in [0.1, 0.15) is 5.56 Å². The number of carbonyl (C=O) groups excluding carboxylic acids is 1. The molecule has 0 saturated carbocycles. The molecule has 0 bridgehead atoms. The van der Waals surface area contributed by atoms with Gasteiger partial charge in [0.15, 0.2) is 11.5 Å². The summed E-state index contributed by atoms with van der Waals surface area (Å²) in [6.45, 7) is 0.132. The van der Waals surface area contributed by atoms with Crippen LogP contribution >= 0.6 is 45.2 Å². The maximum Gasteiger partial charge on any atom is 0.284 e. The van der Waals surface area contributed by atoms with Gasteiger partial charge in [-0.25, -0.2) is 5.43 Å². The average molecular weight is 550 g/mol. The van der Waals surface area contributed by atoms with Gasteiger partial charge < -0.3 is 14.6 Å². The minimum atomic E-state index is -0.753. The number of ether oxygens (including phenoxy) is 2. The lowest BCUT2D eigenvalue weighted by molar-refractivity contribution is -0.130. The highest BCUT2D eigenvalue weighted by molar-refractivity contribution is 14.1. The highest BCUT2D eigenvalue weighted by Crippen LogP contribution is 2.31. The van der Waals surface area contributed by atoms with Crippen molar-refractivity contribution < 1.29 is 19.4 Å². The summed E-state index contributed by atoms with van der Waals surface area (Å²) in [5.41, 5.74) is 3.21. The number of nitrogens with one attached hydrogen (secondary N) is 1. The van der Waals surface area contributed by atoms with E-state index in [-0.39, 0.29) is 18.3 Å². The van der Waals surface area contributed by atoms with E-state index in [1.54, 1.807) is 24.3 Å². The number of benzene rings is 2. The minimum Gasteiger partial charge on any atom is -0.506 e. The highest BCUT2D eigenvalue weighted by Gasteiger charge is 2.26. The second-order valence-electron chi connectivity index (χ2n) is 4.93. The van der Waals surface area contributed by atoms with Gasteiger partial charge in [0.25, 0.3) is 5.91 Å². The van der Waals surface area contributed by atoms with Crippen LogP contribution < -0.4 is 14.9 Å². The van der Waals surface area contributed by atoms with Crippen LogP contribution in [-0.2, 0) is 4.79 Å². The number of carbonyl (C=O) groups is 1. The molecule has 1 amide bonds. The summed E-state index contributed by atoms with van der Waals surface area (Å²) in [6.07, 6.45) is 0.761. The second kappa shape index (κ2) is 7.55. The lowest BCUT2D eigenvalue weighted by Crippen LogP contribution is -2.42. The zero-order chi connectivity index (χ0) is 17.1. The average Bonchev–Trinajstić information content (AvgIpc) is 2.59. The zero-order valence-corrected chi connectivity index (χ0v) is 16.5. The van der Waals surface area contributed by atoms with Gasteiger partial charge in [0.1, 0.15) is 12.4 Å². The van der Waals surface area contributed by atoms with Crippen molar-refractivity contribution in [1.82, 2.24) is 5.43 Å². The summed E-state index contributed by atoms with van der Waals surface area (Å²) in [4.78, 5) is 12.1. The van der Waals surface area contributed by atoms with Crippen molar-refractivity contribution in [2.75, 3.05) is 6.61 Å². The molecule has 2 aromatic rings. The van der Waals surface area contributed by atoms with Crippen LogP contribution in [0.4, 0.5) is 0 Å². The van der Waals surface area contributed by atoms with Crippen LogP contribution in [0.2, 0.25) is 0 Å². The van der Waals surface area contributed by atoms with E-state index in [1.807, 2.05) is 57.3 Å². The fraction of sp³-hybridized carbons (Fsp3) is 0.125. The zero-order valence-electron chi connectivity index (χ0n) is 12.2. The van der Waals surface area contributed by atoms with Gasteiger partial charge in [-0.05, 0) is 75.0 Å². The number of nitrogens with zero attached hydrogens (tertiary/aromatic N) is 1. The summed E-state index contributed by atoms with van der Waals surface area (Å²) >= 11 is 4.07. The van der Waals surface area contributed by atoms with Gasteiger partial charge in [-0.15, -0.1) is 0 Å². The number of amides is 1. The van der Waals surface area contributed by atoms with Crippen molar-refractivity contribution in [2.24, 2.45) is 5.10 Å². The number of phenolic OH excluding ortho intramolecular Hbond substituents is 1. The number of para-hydroxylation sites is 2. The van der Waals surface area contributed by atoms with Crippen molar-refractivity contribution in [3.05, 3.63) is 49.1 Å². The molecule has 1 atom stereocenters. The molecule has 1 aliphatic rings. The third-order valence-corrected chi connectivity index (χ3v) is 4.87. The summed E-state index contributed by atoms with van der Waals surface area (Å²) in [5, 5.41) is 13.7. The van der Waals surface area contributed by atoms with Crippen molar-refractivity contribution in [3.63, 3.8) is 0 Å². The van der Waals surface area contributed by atoms with Crippen LogP contribution in [0, 0.1) is 7.14 Å². The standard InChI is InChI=1S/C16H12I2N2O4/c17-10-5-9(6-11(18)15(10)21)7-19-20-16(22)14-8-23-12-3-1-2-4-13(12)24-14/h1-7,14,21H,8H2,(H,20,22). The Kier molecular flexibility index (Phi) is 5.43. The molecule has 1 heterocycles. The molecule has 0 spiro atoms. The topological polar surface area (TPSA) is 80.2 Å². The number of fused-ring (bicyclic) bond motifs is 1. The Balaban J connectivity index is 1.62. The molecule has 2 N–H and O–H groups in total. The lowest BCUT2D eigenvalue weighted by atomic mass is 10.2. The first-order valence-electron chi connectivity index (χ1n) is 6.94. The predicted molar refractivity (Wildman–Crippen MR) is 106 cm³/mol. The Hall–Kier alpha value is -1.56. The van der Waals surface area contributed by atoms with E-state index in [4.69, 9.17) is 9.47 Å². The summed E-state index contributed by atoms with van der Waals surface area (Å²) in [5.74, 6) is 1.02. The molecule has 1 aliphatic heterocycles. The van der Waals surface area contributed by atoms with Crippen LogP contribution in [-0.4, -0.2) is 29.9 Å². The normalized spacial score (nSPS) is 16.2. The fourth-order valence-electron chi connectivity index (χ4n) is 2.05. The number of halogens is 2. The molecule has 0 aliphatic carbocycles. The van der Waals surface area contributed by atoms with Gasteiger partial charge in [-0.3, -0.25) is 4.79 Å². The number of rotatable bonds is 3. The van der Waals surface area contributed by atoms with Gasteiger partial charge in [0.05, 0.1) is 13.4 Å². The molecular formula is C16H12I2N2O4. The lowest BCUT2D eigenvalue weighted by Gasteiger charge is -2.24. The number of hydrogen-bond acceptors (Lipinski definition) is 5. The first kappa shape index (κ1) is 17.3. The minimum absolute atomic E-state index is 0.132. The van der Waals surface area contributed by atoms with Crippen LogP contribution in [0.3, 0.4) is 0 Å². The molecule has 0 fully saturated rings. The molecule has 8 heteroatoms. The Bertz CT molecular complexity index is 787. The molecule has 3 rings (SSSR count). The fourth-order valence-corrected chi connectivity index (χ4v) is 3.87. The molecule has 24 heavy (non-hydrogen) atoms. The molecule has 6 nitrogen and oxygen atoms in total. The maximum atomic E-state index is 12.1. The molecule has 0 radical (unpaired) electrons. The van der Waals surface area contributed by atoms with Crippen molar-refractivity contribution in [1.29, 1.82) is 0 Å². The van der Waals surface area contributed by atoms with E-state index in [0.29, 0.717) is 18.6 Å². The number of aromatic hydroxyl groups is 1. The van der Waals surface area contributed by atoms with Gasteiger partial charge in [-0.1, -0.05) is 12.1 Å². The molecule has 0 aromatic heterocycles. The smallest absolute Gasteiger partial charge is 0.284 e. The maximum absolute atomic E-state index is 12.1. The number of phenols is 1.